The highest BCUT2D eigenvalue weighted by atomic mass is 16.6. The number of esters is 1. The normalized spacial score (nSPS) is 31.3. The molecule has 0 amide bonds. The van der Waals surface area contributed by atoms with Crippen molar-refractivity contribution in [2.75, 3.05) is 6.61 Å². The lowest BCUT2D eigenvalue weighted by Crippen LogP contribution is -2.42. The summed E-state index contributed by atoms with van der Waals surface area (Å²) in [5, 5.41) is 18.7. The molecule has 1 unspecified atom stereocenters. The van der Waals surface area contributed by atoms with Gasteiger partial charge >= 0.3 is 5.97 Å². The van der Waals surface area contributed by atoms with E-state index in [1.165, 1.54) is 0 Å². The Morgan fingerprint density at radius 2 is 2.20 bits per heavy atom. The molecule has 1 heterocycles. The van der Waals surface area contributed by atoms with Crippen LogP contribution < -0.4 is 0 Å². The Morgan fingerprint density at radius 3 is 2.87 bits per heavy atom. The van der Waals surface area contributed by atoms with E-state index in [0.717, 1.165) is 6.42 Å². The molecule has 1 aliphatic heterocycles. The smallest absolute Gasteiger partial charge is 0.305 e. The summed E-state index contributed by atoms with van der Waals surface area (Å²) in [4.78, 5) is 11.1. The predicted octanol–water partition coefficient (Wildman–Crippen LogP) is 0.188. The average molecular weight is 218 g/mol. The first-order valence-electron chi connectivity index (χ1n) is 5.30. The molecular weight excluding hydrogens is 200 g/mol. The van der Waals surface area contributed by atoms with Crippen molar-refractivity contribution in [3.8, 4) is 0 Å². The Balaban J connectivity index is 2.27. The SMILES string of the molecule is CCCC(=O)OCC1O[C@H](O)CC[C@@H]1O. The molecule has 5 nitrogen and oxygen atoms in total. The van der Waals surface area contributed by atoms with Gasteiger partial charge < -0.3 is 19.7 Å². The van der Waals surface area contributed by atoms with Crippen molar-refractivity contribution < 1.29 is 24.5 Å². The molecular formula is C10H18O5. The van der Waals surface area contributed by atoms with Crippen LogP contribution in [0.1, 0.15) is 32.6 Å². The lowest BCUT2D eigenvalue weighted by Gasteiger charge is -2.30. The molecule has 1 aliphatic rings. The molecule has 0 saturated carbocycles. The van der Waals surface area contributed by atoms with Crippen molar-refractivity contribution in [3.05, 3.63) is 0 Å². The fourth-order valence-electron chi connectivity index (χ4n) is 1.46. The number of ether oxygens (including phenoxy) is 2. The summed E-state index contributed by atoms with van der Waals surface area (Å²) in [6.45, 7) is 1.90. The van der Waals surface area contributed by atoms with Crippen LogP contribution >= 0.6 is 0 Å². The van der Waals surface area contributed by atoms with Gasteiger partial charge in [-0.15, -0.1) is 0 Å². The molecule has 1 fully saturated rings. The Morgan fingerprint density at radius 1 is 1.47 bits per heavy atom. The van der Waals surface area contributed by atoms with Crippen molar-refractivity contribution >= 4 is 5.97 Å². The topological polar surface area (TPSA) is 76.0 Å². The van der Waals surface area contributed by atoms with Crippen LogP contribution in [0.4, 0.5) is 0 Å². The van der Waals surface area contributed by atoms with Gasteiger partial charge in [-0.3, -0.25) is 4.79 Å². The largest absolute Gasteiger partial charge is 0.463 e. The third kappa shape index (κ3) is 4.15. The molecule has 5 heteroatoms. The highest BCUT2D eigenvalue weighted by molar-refractivity contribution is 5.69. The van der Waals surface area contributed by atoms with Gasteiger partial charge in [0.1, 0.15) is 12.7 Å². The van der Waals surface area contributed by atoms with Gasteiger partial charge in [-0.1, -0.05) is 6.92 Å². The van der Waals surface area contributed by atoms with E-state index in [1.807, 2.05) is 6.92 Å². The number of hydrogen-bond acceptors (Lipinski definition) is 5. The minimum absolute atomic E-state index is 0.0110. The Kier molecular flexibility index (Phi) is 5.01. The van der Waals surface area contributed by atoms with E-state index >= 15 is 0 Å². The van der Waals surface area contributed by atoms with Crippen molar-refractivity contribution in [3.63, 3.8) is 0 Å². The van der Waals surface area contributed by atoms with Crippen LogP contribution in [0.15, 0.2) is 0 Å². The van der Waals surface area contributed by atoms with E-state index in [4.69, 9.17) is 9.47 Å². The first kappa shape index (κ1) is 12.4. The van der Waals surface area contributed by atoms with Gasteiger partial charge in [-0.05, 0) is 12.8 Å². The van der Waals surface area contributed by atoms with E-state index in [9.17, 15) is 15.0 Å². The molecule has 0 aromatic rings. The van der Waals surface area contributed by atoms with Crippen LogP contribution in [0.2, 0.25) is 0 Å². The first-order valence-corrected chi connectivity index (χ1v) is 5.30. The number of aliphatic hydroxyl groups is 2. The summed E-state index contributed by atoms with van der Waals surface area (Å²) >= 11 is 0. The number of aliphatic hydroxyl groups excluding tert-OH is 2. The van der Waals surface area contributed by atoms with Crippen LogP contribution in [-0.2, 0) is 14.3 Å². The van der Waals surface area contributed by atoms with Gasteiger partial charge in [-0.2, -0.15) is 0 Å². The zero-order chi connectivity index (χ0) is 11.3. The zero-order valence-corrected chi connectivity index (χ0v) is 8.89. The maximum Gasteiger partial charge on any atom is 0.305 e. The summed E-state index contributed by atoms with van der Waals surface area (Å²) in [5.74, 6) is -0.298. The quantitative estimate of drug-likeness (QED) is 0.659. The number of rotatable bonds is 4. The number of hydrogen-bond donors (Lipinski definition) is 2. The second-order valence-electron chi connectivity index (χ2n) is 3.71. The molecule has 0 radical (unpaired) electrons. The zero-order valence-electron chi connectivity index (χ0n) is 8.89. The second kappa shape index (κ2) is 6.05. The summed E-state index contributed by atoms with van der Waals surface area (Å²) in [6.07, 6.45) is -0.140. The molecule has 0 aromatic heterocycles. The van der Waals surface area contributed by atoms with E-state index < -0.39 is 18.5 Å². The van der Waals surface area contributed by atoms with Gasteiger partial charge in [-0.25, -0.2) is 0 Å². The van der Waals surface area contributed by atoms with Crippen molar-refractivity contribution in [1.82, 2.24) is 0 Å². The van der Waals surface area contributed by atoms with Crippen molar-refractivity contribution in [2.24, 2.45) is 0 Å². The van der Waals surface area contributed by atoms with Crippen molar-refractivity contribution in [1.29, 1.82) is 0 Å². The van der Waals surface area contributed by atoms with E-state index in [2.05, 4.69) is 0 Å². The van der Waals surface area contributed by atoms with Crippen LogP contribution in [0.5, 0.6) is 0 Å². The van der Waals surface area contributed by atoms with Crippen LogP contribution in [-0.4, -0.2) is 41.3 Å². The predicted molar refractivity (Wildman–Crippen MR) is 52.0 cm³/mol. The molecule has 1 saturated heterocycles. The molecule has 0 aliphatic carbocycles. The summed E-state index contributed by atoms with van der Waals surface area (Å²) < 4.78 is 9.96. The minimum atomic E-state index is -0.858. The van der Waals surface area contributed by atoms with E-state index in [-0.39, 0.29) is 12.6 Å². The maximum absolute atomic E-state index is 11.1. The molecule has 2 N–H and O–H groups in total. The van der Waals surface area contributed by atoms with E-state index in [0.29, 0.717) is 19.3 Å². The van der Waals surface area contributed by atoms with Crippen LogP contribution in [0, 0.1) is 0 Å². The second-order valence-corrected chi connectivity index (χ2v) is 3.71. The Bertz CT molecular complexity index is 206. The van der Waals surface area contributed by atoms with E-state index in [1.54, 1.807) is 0 Å². The lowest BCUT2D eigenvalue weighted by molar-refractivity contribution is -0.212. The van der Waals surface area contributed by atoms with Gasteiger partial charge in [0.05, 0.1) is 6.10 Å². The first-order chi connectivity index (χ1) is 7.13. The summed E-state index contributed by atoms with van der Waals surface area (Å²) in [6, 6.07) is 0. The van der Waals surface area contributed by atoms with Crippen molar-refractivity contribution in [2.45, 2.75) is 51.1 Å². The van der Waals surface area contributed by atoms with Gasteiger partial charge in [0, 0.05) is 12.8 Å². The average Bonchev–Trinajstić information content (AvgIpc) is 2.20. The highest BCUT2D eigenvalue weighted by Crippen LogP contribution is 2.18. The highest BCUT2D eigenvalue weighted by Gasteiger charge is 2.29. The molecule has 88 valence electrons. The third-order valence-corrected chi connectivity index (χ3v) is 2.33. The lowest BCUT2D eigenvalue weighted by atomic mass is 10.1. The molecule has 3 atom stereocenters. The third-order valence-electron chi connectivity index (χ3n) is 2.33. The monoisotopic (exact) mass is 218 g/mol. The van der Waals surface area contributed by atoms with Crippen LogP contribution in [0.3, 0.4) is 0 Å². The standard InChI is InChI=1S/C10H18O5/c1-2-3-9(12)14-6-8-7(11)4-5-10(13)15-8/h7-8,10-11,13H,2-6H2,1H3/t7-,8?,10-/m0/s1. The Labute approximate surface area is 89.0 Å². The molecule has 0 bridgehead atoms. The fourth-order valence-corrected chi connectivity index (χ4v) is 1.46. The maximum atomic E-state index is 11.1. The minimum Gasteiger partial charge on any atom is -0.463 e. The van der Waals surface area contributed by atoms with Crippen LogP contribution in [0.25, 0.3) is 0 Å². The van der Waals surface area contributed by atoms with Gasteiger partial charge in [0.25, 0.3) is 0 Å². The Hall–Kier alpha value is -0.650. The molecule has 0 spiro atoms. The molecule has 1 rings (SSSR count). The molecule has 0 aromatic carbocycles. The number of carbonyl (C=O) groups is 1. The molecule has 15 heavy (non-hydrogen) atoms. The fraction of sp³-hybridized carbons (Fsp3) is 0.900. The summed E-state index contributed by atoms with van der Waals surface area (Å²) in [5.41, 5.74) is 0. The number of carbonyl (C=O) groups excluding carboxylic acids is 1. The summed E-state index contributed by atoms with van der Waals surface area (Å²) in [7, 11) is 0. The van der Waals surface area contributed by atoms with Gasteiger partial charge in [0.15, 0.2) is 6.29 Å². The van der Waals surface area contributed by atoms with Gasteiger partial charge in [0.2, 0.25) is 0 Å².